The van der Waals surface area contributed by atoms with Gasteiger partial charge < -0.3 is 10.4 Å². The van der Waals surface area contributed by atoms with Crippen LogP contribution in [0.25, 0.3) is 0 Å². The second-order valence-electron chi connectivity index (χ2n) is 7.59. The van der Waals surface area contributed by atoms with Gasteiger partial charge >= 0.3 is 0 Å². The van der Waals surface area contributed by atoms with E-state index in [1.54, 1.807) is 0 Å². The van der Waals surface area contributed by atoms with E-state index in [1.165, 1.54) is 36.8 Å². The SMILES string of the molecule is Cc1cccc(C2CC(NCC3(O)CCCC(C)C3)C2)c1. The van der Waals surface area contributed by atoms with Gasteiger partial charge in [-0.1, -0.05) is 49.6 Å². The van der Waals surface area contributed by atoms with E-state index in [1.807, 2.05) is 0 Å². The molecule has 2 saturated carbocycles. The van der Waals surface area contributed by atoms with Gasteiger partial charge in [-0.2, -0.15) is 0 Å². The van der Waals surface area contributed by atoms with Gasteiger partial charge in [0.15, 0.2) is 0 Å². The maximum Gasteiger partial charge on any atom is 0.0774 e. The van der Waals surface area contributed by atoms with Crippen LogP contribution in [0.15, 0.2) is 24.3 Å². The van der Waals surface area contributed by atoms with Crippen molar-refractivity contribution in [2.24, 2.45) is 5.92 Å². The number of hydrogen-bond donors (Lipinski definition) is 2. The molecule has 0 amide bonds. The van der Waals surface area contributed by atoms with Crippen LogP contribution in [0.1, 0.15) is 62.5 Å². The van der Waals surface area contributed by atoms with Crippen molar-refractivity contribution in [1.82, 2.24) is 5.32 Å². The van der Waals surface area contributed by atoms with E-state index in [-0.39, 0.29) is 0 Å². The quantitative estimate of drug-likeness (QED) is 0.883. The third kappa shape index (κ3) is 3.67. The Kier molecular flexibility index (Phi) is 4.37. The number of aliphatic hydroxyl groups is 1. The standard InChI is InChI=1S/C19H29NO/c1-14-5-3-7-16(9-14)17-10-18(11-17)20-13-19(21)8-4-6-15(2)12-19/h3,5,7,9,15,17-18,20-21H,4,6,8,10-13H2,1-2H3. The summed E-state index contributed by atoms with van der Waals surface area (Å²) in [6.45, 7) is 5.21. The van der Waals surface area contributed by atoms with Crippen LogP contribution < -0.4 is 5.32 Å². The second kappa shape index (κ2) is 6.10. The van der Waals surface area contributed by atoms with Crippen molar-refractivity contribution in [1.29, 1.82) is 0 Å². The maximum absolute atomic E-state index is 10.7. The minimum atomic E-state index is -0.452. The highest BCUT2D eigenvalue weighted by molar-refractivity contribution is 5.27. The minimum absolute atomic E-state index is 0.452. The average Bonchev–Trinajstić information content (AvgIpc) is 2.36. The van der Waals surface area contributed by atoms with Crippen molar-refractivity contribution in [3.05, 3.63) is 35.4 Å². The lowest BCUT2D eigenvalue weighted by Crippen LogP contribution is -2.50. The topological polar surface area (TPSA) is 32.3 Å². The van der Waals surface area contributed by atoms with Crippen LogP contribution in [0.3, 0.4) is 0 Å². The first kappa shape index (κ1) is 15.1. The van der Waals surface area contributed by atoms with Crippen LogP contribution in [0.5, 0.6) is 0 Å². The van der Waals surface area contributed by atoms with Crippen molar-refractivity contribution in [2.75, 3.05) is 6.54 Å². The van der Waals surface area contributed by atoms with E-state index < -0.39 is 5.60 Å². The molecular weight excluding hydrogens is 258 g/mol. The number of aryl methyl sites for hydroxylation is 1. The normalized spacial score (nSPS) is 36.2. The summed E-state index contributed by atoms with van der Waals surface area (Å²) >= 11 is 0. The number of benzene rings is 1. The molecule has 0 spiro atoms. The van der Waals surface area contributed by atoms with Crippen molar-refractivity contribution < 1.29 is 5.11 Å². The Bertz CT molecular complexity index is 480. The van der Waals surface area contributed by atoms with E-state index in [0.29, 0.717) is 17.9 Å². The predicted molar refractivity (Wildman–Crippen MR) is 87.5 cm³/mol. The first-order valence-electron chi connectivity index (χ1n) is 8.56. The van der Waals surface area contributed by atoms with E-state index in [0.717, 1.165) is 19.4 Å². The number of nitrogens with one attached hydrogen (secondary N) is 1. The van der Waals surface area contributed by atoms with Crippen molar-refractivity contribution in [3.63, 3.8) is 0 Å². The molecule has 0 aliphatic heterocycles. The summed E-state index contributed by atoms with van der Waals surface area (Å²) in [5, 5.41) is 14.3. The fourth-order valence-electron chi connectivity index (χ4n) is 4.11. The van der Waals surface area contributed by atoms with Crippen molar-refractivity contribution in [2.45, 2.75) is 69.9 Å². The molecule has 2 aliphatic rings. The van der Waals surface area contributed by atoms with Gasteiger partial charge in [0.2, 0.25) is 0 Å². The van der Waals surface area contributed by atoms with Gasteiger partial charge in [-0.3, -0.25) is 0 Å². The molecular formula is C19H29NO. The largest absolute Gasteiger partial charge is 0.389 e. The molecule has 116 valence electrons. The average molecular weight is 287 g/mol. The van der Waals surface area contributed by atoms with Crippen molar-refractivity contribution in [3.8, 4) is 0 Å². The molecule has 2 atom stereocenters. The summed E-state index contributed by atoms with van der Waals surface area (Å²) in [7, 11) is 0. The Labute approximate surface area is 129 Å². The Morgan fingerprint density at radius 1 is 1.33 bits per heavy atom. The molecule has 21 heavy (non-hydrogen) atoms. The molecule has 0 radical (unpaired) electrons. The lowest BCUT2D eigenvalue weighted by atomic mass is 9.74. The molecule has 2 N–H and O–H groups in total. The van der Waals surface area contributed by atoms with Crippen LogP contribution in [-0.4, -0.2) is 23.3 Å². The van der Waals surface area contributed by atoms with Crippen LogP contribution in [-0.2, 0) is 0 Å². The van der Waals surface area contributed by atoms with Crippen molar-refractivity contribution >= 4 is 0 Å². The van der Waals surface area contributed by atoms with Gasteiger partial charge in [-0.15, -0.1) is 0 Å². The molecule has 2 nitrogen and oxygen atoms in total. The van der Waals surface area contributed by atoms with Crippen LogP contribution in [0.2, 0.25) is 0 Å². The molecule has 0 bridgehead atoms. The van der Waals surface area contributed by atoms with Gasteiger partial charge in [-0.05, 0) is 50.0 Å². The third-order valence-corrected chi connectivity index (χ3v) is 5.44. The van der Waals surface area contributed by atoms with Gasteiger partial charge in [-0.25, -0.2) is 0 Å². The zero-order valence-electron chi connectivity index (χ0n) is 13.4. The highest BCUT2D eigenvalue weighted by atomic mass is 16.3. The van der Waals surface area contributed by atoms with E-state index in [4.69, 9.17) is 0 Å². The smallest absolute Gasteiger partial charge is 0.0774 e. The first-order valence-corrected chi connectivity index (χ1v) is 8.56. The Hall–Kier alpha value is -0.860. The van der Waals surface area contributed by atoms with E-state index in [9.17, 15) is 5.11 Å². The molecule has 2 heteroatoms. The number of hydrogen-bond acceptors (Lipinski definition) is 2. The molecule has 3 rings (SSSR count). The summed E-state index contributed by atoms with van der Waals surface area (Å²) in [6.07, 6.45) is 6.83. The summed E-state index contributed by atoms with van der Waals surface area (Å²) in [5.41, 5.74) is 2.39. The molecule has 0 aromatic heterocycles. The summed E-state index contributed by atoms with van der Waals surface area (Å²) in [5.74, 6) is 1.38. The van der Waals surface area contributed by atoms with E-state index in [2.05, 4.69) is 43.4 Å². The summed E-state index contributed by atoms with van der Waals surface area (Å²) in [4.78, 5) is 0. The maximum atomic E-state index is 10.7. The predicted octanol–water partition coefficient (Wildman–Crippen LogP) is 3.77. The first-order chi connectivity index (χ1) is 10.0. The van der Waals surface area contributed by atoms with Crippen LogP contribution in [0.4, 0.5) is 0 Å². The fraction of sp³-hybridized carbons (Fsp3) is 0.684. The lowest BCUT2D eigenvalue weighted by Gasteiger charge is -2.41. The molecule has 1 aromatic rings. The fourth-order valence-corrected chi connectivity index (χ4v) is 4.11. The number of rotatable bonds is 4. The van der Waals surface area contributed by atoms with Gasteiger partial charge in [0.05, 0.1) is 5.60 Å². The monoisotopic (exact) mass is 287 g/mol. The molecule has 0 saturated heterocycles. The summed E-state index contributed by atoms with van der Waals surface area (Å²) in [6, 6.07) is 9.49. The minimum Gasteiger partial charge on any atom is -0.389 e. The van der Waals surface area contributed by atoms with Crippen LogP contribution >= 0.6 is 0 Å². The second-order valence-corrected chi connectivity index (χ2v) is 7.59. The Morgan fingerprint density at radius 3 is 2.86 bits per heavy atom. The molecule has 2 fully saturated rings. The highest BCUT2D eigenvalue weighted by Crippen LogP contribution is 2.38. The summed E-state index contributed by atoms with van der Waals surface area (Å²) < 4.78 is 0. The van der Waals surface area contributed by atoms with Gasteiger partial charge in [0.25, 0.3) is 0 Å². The third-order valence-electron chi connectivity index (χ3n) is 5.44. The van der Waals surface area contributed by atoms with Gasteiger partial charge in [0, 0.05) is 12.6 Å². The molecule has 2 aliphatic carbocycles. The highest BCUT2D eigenvalue weighted by Gasteiger charge is 2.35. The zero-order chi connectivity index (χ0) is 14.9. The Balaban J connectivity index is 1.45. The lowest BCUT2D eigenvalue weighted by molar-refractivity contribution is -0.0162. The van der Waals surface area contributed by atoms with Gasteiger partial charge in [0.1, 0.15) is 0 Å². The molecule has 2 unspecified atom stereocenters. The van der Waals surface area contributed by atoms with Crippen LogP contribution in [0, 0.1) is 12.8 Å². The van der Waals surface area contributed by atoms with E-state index >= 15 is 0 Å². The molecule has 1 aromatic carbocycles. The molecule has 0 heterocycles. The Morgan fingerprint density at radius 2 is 2.14 bits per heavy atom. The zero-order valence-corrected chi connectivity index (χ0v) is 13.4.